The minimum Gasteiger partial charge on any atom is -0.365 e. The number of anilines is 1. The lowest BCUT2D eigenvalue weighted by molar-refractivity contribution is 1.05. The number of nitrogens with zero attached hydrogens (tertiary/aromatic N) is 1. The van der Waals surface area contributed by atoms with Crippen molar-refractivity contribution in [3.05, 3.63) is 71.9 Å². The SMILES string of the molecule is NCc1cccc(CNc2nccc3ccccc23)c1. The summed E-state index contributed by atoms with van der Waals surface area (Å²) in [5.41, 5.74) is 8.03. The predicted octanol–water partition coefficient (Wildman–Crippen LogP) is 3.31. The minimum absolute atomic E-state index is 0.570. The maximum absolute atomic E-state index is 5.67. The van der Waals surface area contributed by atoms with Gasteiger partial charge in [0.15, 0.2) is 0 Å². The third-order valence-electron chi connectivity index (χ3n) is 3.36. The molecule has 2 aromatic carbocycles. The van der Waals surface area contributed by atoms with E-state index in [2.05, 4.69) is 34.6 Å². The zero-order chi connectivity index (χ0) is 13.8. The van der Waals surface area contributed by atoms with Gasteiger partial charge in [-0.05, 0) is 22.6 Å². The molecule has 0 radical (unpaired) electrons. The number of rotatable bonds is 4. The van der Waals surface area contributed by atoms with Gasteiger partial charge in [-0.1, -0.05) is 48.5 Å². The van der Waals surface area contributed by atoms with Gasteiger partial charge in [-0.15, -0.1) is 0 Å². The molecular weight excluding hydrogens is 246 g/mol. The number of nitrogens with one attached hydrogen (secondary N) is 1. The zero-order valence-corrected chi connectivity index (χ0v) is 11.2. The number of aromatic nitrogens is 1. The summed E-state index contributed by atoms with van der Waals surface area (Å²) in [5.74, 6) is 0.918. The predicted molar refractivity (Wildman–Crippen MR) is 83.4 cm³/mol. The van der Waals surface area contributed by atoms with Crippen LogP contribution in [0.4, 0.5) is 5.82 Å². The number of pyridine rings is 1. The summed E-state index contributed by atoms with van der Waals surface area (Å²) in [5, 5.41) is 5.74. The van der Waals surface area contributed by atoms with Crippen LogP contribution < -0.4 is 11.1 Å². The normalized spacial score (nSPS) is 10.7. The molecule has 0 saturated heterocycles. The van der Waals surface area contributed by atoms with Gasteiger partial charge in [0.05, 0.1) is 0 Å². The number of hydrogen-bond donors (Lipinski definition) is 2. The Bertz CT molecular complexity index is 717. The molecule has 0 saturated carbocycles. The molecule has 0 atom stereocenters. The van der Waals surface area contributed by atoms with E-state index >= 15 is 0 Å². The third kappa shape index (κ3) is 2.63. The Balaban J connectivity index is 1.83. The lowest BCUT2D eigenvalue weighted by Crippen LogP contribution is -2.03. The van der Waals surface area contributed by atoms with Gasteiger partial charge < -0.3 is 11.1 Å². The largest absolute Gasteiger partial charge is 0.365 e. The van der Waals surface area contributed by atoms with Crippen LogP contribution in [0.5, 0.6) is 0 Å². The van der Waals surface area contributed by atoms with Gasteiger partial charge in [0.2, 0.25) is 0 Å². The van der Waals surface area contributed by atoms with Gasteiger partial charge in [0.25, 0.3) is 0 Å². The molecule has 0 spiro atoms. The molecule has 100 valence electrons. The molecule has 3 nitrogen and oxygen atoms in total. The molecule has 3 aromatic rings. The Labute approximate surface area is 118 Å². The maximum Gasteiger partial charge on any atom is 0.134 e. The summed E-state index contributed by atoms with van der Waals surface area (Å²) >= 11 is 0. The van der Waals surface area contributed by atoms with Crippen LogP contribution in [0.3, 0.4) is 0 Å². The van der Waals surface area contributed by atoms with E-state index < -0.39 is 0 Å². The summed E-state index contributed by atoms with van der Waals surface area (Å²) in [6.45, 7) is 1.31. The van der Waals surface area contributed by atoms with Crippen LogP contribution in [0.2, 0.25) is 0 Å². The topological polar surface area (TPSA) is 50.9 Å². The van der Waals surface area contributed by atoms with Crippen LogP contribution in [0.25, 0.3) is 10.8 Å². The molecule has 0 aliphatic carbocycles. The third-order valence-corrected chi connectivity index (χ3v) is 3.36. The van der Waals surface area contributed by atoms with Crippen LogP contribution >= 0.6 is 0 Å². The smallest absolute Gasteiger partial charge is 0.134 e. The van der Waals surface area contributed by atoms with E-state index in [0.717, 1.165) is 23.3 Å². The van der Waals surface area contributed by atoms with E-state index in [1.807, 2.05) is 36.5 Å². The van der Waals surface area contributed by atoms with Crippen molar-refractivity contribution in [2.45, 2.75) is 13.1 Å². The molecule has 3 rings (SSSR count). The molecule has 0 bridgehead atoms. The number of benzene rings is 2. The van der Waals surface area contributed by atoms with E-state index in [-0.39, 0.29) is 0 Å². The fourth-order valence-electron chi connectivity index (χ4n) is 2.31. The average Bonchev–Trinajstić information content (AvgIpc) is 2.53. The Kier molecular flexibility index (Phi) is 3.61. The first kappa shape index (κ1) is 12.6. The van der Waals surface area contributed by atoms with Gasteiger partial charge in [-0.25, -0.2) is 4.98 Å². The van der Waals surface area contributed by atoms with Crippen LogP contribution in [0.1, 0.15) is 11.1 Å². The highest BCUT2D eigenvalue weighted by Crippen LogP contribution is 2.21. The number of hydrogen-bond acceptors (Lipinski definition) is 3. The first-order valence-electron chi connectivity index (χ1n) is 6.72. The monoisotopic (exact) mass is 263 g/mol. The summed E-state index contributed by atoms with van der Waals surface area (Å²) in [6, 6.07) is 18.6. The van der Waals surface area contributed by atoms with Gasteiger partial charge in [0.1, 0.15) is 5.82 Å². The molecule has 1 heterocycles. The summed E-state index contributed by atoms with van der Waals surface area (Å²) in [4.78, 5) is 4.43. The molecule has 0 amide bonds. The van der Waals surface area contributed by atoms with Crippen LogP contribution in [-0.2, 0) is 13.1 Å². The van der Waals surface area contributed by atoms with Gasteiger partial charge in [-0.3, -0.25) is 0 Å². The van der Waals surface area contributed by atoms with Crippen molar-refractivity contribution < 1.29 is 0 Å². The lowest BCUT2D eigenvalue weighted by atomic mass is 10.1. The molecular formula is C17H17N3. The summed E-state index contributed by atoms with van der Waals surface area (Å²) < 4.78 is 0. The summed E-state index contributed by atoms with van der Waals surface area (Å²) in [7, 11) is 0. The van der Waals surface area contributed by atoms with Crippen molar-refractivity contribution >= 4 is 16.6 Å². The van der Waals surface area contributed by atoms with E-state index in [1.54, 1.807) is 0 Å². The fraction of sp³-hybridized carbons (Fsp3) is 0.118. The summed E-state index contributed by atoms with van der Waals surface area (Å²) in [6.07, 6.45) is 1.83. The van der Waals surface area contributed by atoms with Gasteiger partial charge >= 0.3 is 0 Å². The second-order valence-electron chi connectivity index (χ2n) is 4.76. The fourth-order valence-corrected chi connectivity index (χ4v) is 2.31. The van der Waals surface area contributed by atoms with Crippen LogP contribution in [0.15, 0.2) is 60.8 Å². The zero-order valence-electron chi connectivity index (χ0n) is 11.2. The highest BCUT2D eigenvalue weighted by atomic mass is 15.0. The van der Waals surface area contributed by atoms with E-state index in [0.29, 0.717) is 6.54 Å². The molecule has 0 aliphatic heterocycles. The van der Waals surface area contributed by atoms with Crippen molar-refractivity contribution in [1.82, 2.24) is 4.98 Å². The molecule has 0 unspecified atom stereocenters. The quantitative estimate of drug-likeness (QED) is 0.759. The molecule has 0 aliphatic rings. The Morgan fingerprint density at radius 1 is 0.950 bits per heavy atom. The first-order valence-corrected chi connectivity index (χ1v) is 6.72. The first-order chi connectivity index (χ1) is 9.86. The van der Waals surface area contributed by atoms with Crippen LogP contribution in [-0.4, -0.2) is 4.98 Å². The number of fused-ring (bicyclic) bond motifs is 1. The minimum atomic E-state index is 0.570. The lowest BCUT2D eigenvalue weighted by Gasteiger charge is -2.09. The highest BCUT2D eigenvalue weighted by molar-refractivity contribution is 5.91. The van der Waals surface area contributed by atoms with Crippen molar-refractivity contribution in [2.75, 3.05) is 5.32 Å². The Morgan fingerprint density at radius 2 is 1.80 bits per heavy atom. The molecule has 3 heteroatoms. The highest BCUT2D eigenvalue weighted by Gasteiger charge is 2.01. The Hall–Kier alpha value is -2.39. The van der Waals surface area contributed by atoms with E-state index in [1.165, 1.54) is 10.9 Å². The van der Waals surface area contributed by atoms with Crippen molar-refractivity contribution in [1.29, 1.82) is 0 Å². The van der Waals surface area contributed by atoms with Crippen LogP contribution in [0, 0.1) is 0 Å². The van der Waals surface area contributed by atoms with E-state index in [4.69, 9.17) is 5.73 Å². The molecule has 20 heavy (non-hydrogen) atoms. The average molecular weight is 263 g/mol. The van der Waals surface area contributed by atoms with Crippen molar-refractivity contribution in [3.8, 4) is 0 Å². The van der Waals surface area contributed by atoms with Gasteiger partial charge in [0, 0.05) is 24.7 Å². The van der Waals surface area contributed by atoms with E-state index in [9.17, 15) is 0 Å². The standard InChI is InChI=1S/C17H17N3/c18-11-13-4-3-5-14(10-13)12-20-17-16-7-2-1-6-15(16)8-9-19-17/h1-10H,11-12,18H2,(H,19,20). The Morgan fingerprint density at radius 3 is 2.70 bits per heavy atom. The second-order valence-corrected chi connectivity index (χ2v) is 4.76. The molecule has 1 aromatic heterocycles. The van der Waals surface area contributed by atoms with Gasteiger partial charge in [-0.2, -0.15) is 0 Å². The number of nitrogens with two attached hydrogens (primary N) is 1. The van der Waals surface area contributed by atoms with Crippen molar-refractivity contribution in [3.63, 3.8) is 0 Å². The molecule has 0 fully saturated rings. The maximum atomic E-state index is 5.67. The van der Waals surface area contributed by atoms with Crippen molar-refractivity contribution in [2.24, 2.45) is 5.73 Å². The molecule has 3 N–H and O–H groups in total. The second kappa shape index (κ2) is 5.72.